The Morgan fingerprint density at radius 1 is 1.26 bits per heavy atom. The number of aromatic amines is 1. The lowest BCUT2D eigenvalue weighted by Gasteiger charge is -2.23. The zero-order valence-electron chi connectivity index (χ0n) is 14.0. The minimum atomic E-state index is 0.500. The number of anilines is 1. The molecule has 0 bridgehead atoms. The van der Waals surface area contributed by atoms with Gasteiger partial charge in [0.15, 0.2) is 0 Å². The first kappa shape index (κ1) is 15.0. The van der Waals surface area contributed by atoms with E-state index in [9.17, 15) is 0 Å². The summed E-state index contributed by atoms with van der Waals surface area (Å²) < 4.78 is 5.48. The molecule has 0 aromatic carbocycles. The molecule has 0 saturated heterocycles. The summed E-state index contributed by atoms with van der Waals surface area (Å²) >= 11 is 0. The van der Waals surface area contributed by atoms with E-state index in [1.807, 2.05) is 6.20 Å². The number of nitrogens with one attached hydrogen (secondary N) is 2. The number of hydrogen-bond donors (Lipinski definition) is 2. The van der Waals surface area contributed by atoms with Crippen LogP contribution in [0.1, 0.15) is 56.4 Å². The highest BCUT2D eigenvalue weighted by atomic mass is 16.5. The molecule has 2 fully saturated rings. The Kier molecular flexibility index (Phi) is 4.25. The van der Waals surface area contributed by atoms with Crippen molar-refractivity contribution < 1.29 is 4.74 Å². The molecule has 23 heavy (non-hydrogen) atoms. The number of aromatic nitrogens is 2. The molecule has 2 aliphatic rings. The molecule has 1 atom stereocenters. The fraction of sp³-hybridized carbons (Fsp3) is 0.632. The molecule has 2 saturated carbocycles. The molecule has 2 N–H and O–H groups in total. The van der Waals surface area contributed by atoms with Gasteiger partial charge in [-0.1, -0.05) is 19.3 Å². The Bertz CT molecular complexity index is 656. The average Bonchev–Trinajstić information content (AvgIpc) is 3.34. The second-order valence-electron chi connectivity index (χ2n) is 7.24. The number of pyridine rings is 1. The number of H-pyrrole nitrogens is 1. The summed E-state index contributed by atoms with van der Waals surface area (Å²) in [6.07, 6.45) is 13.4. The van der Waals surface area contributed by atoms with Crippen LogP contribution in [0.25, 0.3) is 11.0 Å². The monoisotopic (exact) mass is 313 g/mol. The molecular weight excluding hydrogens is 286 g/mol. The SMILES string of the molecule is COCC(c1c[nH]c2ncc(NC3CCCCC3)cc12)C1CC1. The first-order valence-corrected chi connectivity index (χ1v) is 9.07. The van der Waals surface area contributed by atoms with Crippen LogP contribution in [0.15, 0.2) is 18.5 Å². The van der Waals surface area contributed by atoms with Crippen molar-refractivity contribution in [1.82, 2.24) is 9.97 Å². The van der Waals surface area contributed by atoms with E-state index >= 15 is 0 Å². The molecule has 1 unspecified atom stereocenters. The van der Waals surface area contributed by atoms with Crippen molar-refractivity contribution in [3.05, 3.63) is 24.0 Å². The highest BCUT2D eigenvalue weighted by molar-refractivity contribution is 5.83. The highest BCUT2D eigenvalue weighted by Crippen LogP contribution is 2.44. The molecule has 0 amide bonds. The van der Waals surface area contributed by atoms with Gasteiger partial charge in [0.05, 0.1) is 18.5 Å². The van der Waals surface area contributed by atoms with E-state index in [2.05, 4.69) is 27.5 Å². The van der Waals surface area contributed by atoms with Gasteiger partial charge in [-0.25, -0.2) is 4.98 Å². The number of nitrogens with zero attached hydrogens (tertiary/aromatic N) is 1. The smallest absolute Gasteiger partial charge is 0.137 e. The molecule has 2 aromatic rings. The van der Waals surface area contributed by atoms with Crippen LogP contribution in [0.4, 0.5) is 5.69 Å². The van der Waals surface area contributed by atoms with E-state index < -0.39 is 0 Å². The molecule has 4 heteroatoms. The number of hydrogen-bond acceptors (Lipinski definition) is 3. The van der Waals surface area contributed by atoms with E-state index in [1.54, 1.807) is 7.11 Å². The van der Waals surface area contributed by atoms with Crippen molar-refractivity contribution in [2.75, 3.05) is 19.0 Å². The van der Waals surface area contributed by atoms with Crippen molar-refractivity contribution in [2.45, 2.75) is 56.9 Å². The van der Waals surface area contributed by atoms with Gasteiger partial charge >= 0.3 is 0 Å². The lowest BCUT2D eigenvalue weighted by atomic mass is 9.94. The number of methoxy groups -OCH3 is 1. The van der Waals surface area contributed by atoms with Crippen LogP contribution in [-0.2, 0) is 4.74 Å². The predicted molar refractivity (Wildman–Crippen MR) is 93.9 cm³/mol. The lowest BCUT2D eigenvalue weighted by Crippen LogP contribution is -2.22. The Morgan fingerprint density at radius 2 is 2.09 bits per heavy atom. The standard InChI is InChI=1S/C19H27N3O/c1-23-12-18(13-7-8-13)17-11-21-19-16(17)9-15(10-20-19)22-14-5-3-2-4-6-14/h9-11,13-14,18,22H,2-8,12H2,1H3,(H,20,21). The van der Waals surface area contributed by atoms with Crippen LogP contribution in [0.5, 0.6) is 0 Å². The molecule has 0 radical (unpaired) electrons. The summed E-state index contributed by atoms with van der Waals surface area (Å²) in [6.45, 7) is 0.803. The van der Waals surface area contributed by atoms with Crippen molar-refractivity contribution in [2.24, 2.45) is 5.92 Å². The lowest BCUT2D eigenvalue weighted by molar-refractivity contribution is 0.172. The maximum Gasteiger partial charge on any atom is 0.137 e. The van der Waals surface area contributed by atoms with Crippen molar-refractivity contribution in [3.8, 4) is 0 Å². The number of ether oxygens (including phenoxy) is 1. The van der Waals surface area contributed by atoms with Crippen LogP contribution >= 0.6 is 0 Å². The van der Waals surface area contributed by atoms with Gasteiger partial charge in [0.2, 0.25) is 0 Å². The van der Waals surface area contributed by atoms with Gasteiger partial charge in [-0.2, -0.15) is 0 Å². The average molecular weight is 313 g/mol. The van der Waals surface area contributed by atoms with Crippen LogP contribution in [0.2, 0.25) is 0 Å². The summed E-state index contributed by atoms with van der Waals surface area (Å²) in [7, 11) is 1.80. The number of fused-ring (bicyclic) bond motifs is 1. The van der Waals surface area contributed by atoms with Gasteiger partial charge in [0, 0.05) is 30.7 Å². The molecule has 0 aliphatic heterocycles. The second kappa shape index (κ2) is 6.52. The second-order valence-corrected chi connectivity index (χ2v) is 7.24. The predicted octanol–water partition coefficient (Wildman–Crippen LogP) is 4.45. The van der Waals surface area contributed by atoms with Crippen molar-refractivity contribution in [3.63, 3.8) is 0 Å². The van der Waals surface area contributed by atoms with Crippen molar-refractivity contribution in [1.29, 1.82) is 0 Å². The van der Waals surface area contributed by atoms with Gasteiger partial charge in [-0.05, 0) is 43.2 Å². The molecule has 4 rings (SSSR count). The van der Waals surface area contributed by atoms with E-state index in [-0.39, 0.29) is 0 Å². The molecule has 2 heterocycles. The third kappa shape index (κ3) is 3.23. The summed E-state index contributed by atoms with van der Waals surface area (Å²) in [5.41, 5.74) is 3.54. The van der Waals surface area contributed by atoms with Gasteiger partial charge < -0.3 is 15.0 Å². The normalized spacial score (nSPS) is 20.7. The molecule has 124 valence electrons. The fourth-order valence-corrected chi connectivity index (χ4v) is 4.05. The zero-order chi connectivity index (χ0) is 15.6. The van der Waals surface area contributed by atoms with Gasteiger partial charge in [-0.3, -0.25) is 0 Å². The van der Waals surface area contributed by atoms with Crippen molar-refractivity contribution >= 4 is 16.7 Å². The summed E-state index contributed by atoms with van der Waals surface area (Å²) in [4.78, 5) is 7.98. The Morgan fingerprint density at radius 3 is 2.83 bits per heavy atom. The van der Waals surface area contributed by atoms with Crippen LogP contribution in [0.3, 0.4) is 0 Å². The van der Waals surface area contributed by atoms with Crippen LogP contribution < -0.4 is 5.32 Å². The zero-order valence-corrected chi connectivity index (χ0v) is 14.0. The summed E-state index contributed by atoms with van der Waals surface area (Å²) in [5.74, 6) is 1.28. The fourth-order valence-electron chi connectivity index (χ4n) is 4.05. The maximum absolute atomic E-state index is 5.48. The Balaban J connectivity index is 1.60. The van der Waals surface area contributed by atoms with E-state index in [1.165, 1.54) is 55.9 Å². The third-order valence-electron chi connectivity index (χ3n) is 5.48. The van der Waals surface area contributed by atoms with E-state index in [4.69, 9.17) is 4.74 Å². The quantitative estimate of drug-likeness (QED) is 0.828. The molecule has 2 aliphatic carbocycles. The number of rotatable bonds is 6. The summed E-state index contributed by atoms with van der Waals surface area (Å²) in [6, 6.07) is 2.90. The van der Waals surface area contributed by atoms with Gasteiger partial charge in [-0.15, -0.1) is 0 Å². The van der Waals surface area contributed by atoms with E-state index in [0.29, 0.717) is 12.0 Å². The summed E-state index contributed by atoms with van der Waals surface area (Å²) in [5, 5.41) is 4.96. The third-order valence-corrected chi connectivity index (χ3v) is 5.48. The topological polar surface area (TPSA) is 49.9 Å². The first-order chi connectivity index (χ1) is 11.3. The van der Waals surface area contributed by atoms with Crippen LogP contribution in [-0.4, -0.2) is 29.7 Å². The molecule has 2 aromatic heterocycles. The largest absolute Gasteiger partial charge is 0.384 e. The Hall–Kier alpha value is -1.55. The van der Waals surface area contributed by atoms with E-state index in [0.717, 1.165) is 23.9 Å². The van der Waals surface area contributed by atoms with Gasteiger partial charge in [0.25, 0.3) is 0 Å². The first-order valence-electron chi connectivity index (χ1n) is 9.07. The van der Waals surface area contributed by atoms with Gasteiger partial charge in [0.1, 0.15) is 5.65 Å². The molecule has 4 nitrogen and oxygen atoms in total. The molecular formula is C19H27N3O. The maximum atomic E-state index is 5.48. The Labute approximate surface area is 138 Å². The highest BCUT2D eigenvalue weighted by Gasteiger charge is 2.33. The molecule has 0 spiro atoms. The minimum absolute atomic E-state index is 0.500. The van der Waals surface area contributed by atoms with Crippen LogP contribution in [0, 0.1) is 5.92 Å². The minimum Gasteiger partial charge on any atom is -0.384 e.